The number of rotatable bonds is 4. The summed E-state index contributed by atoms with van der Waals surface area (Å²) in [7, 11) is 3.50. The van der Waals surface area contributed by atoms with Crippen LogP contribution in [0.4, 0.5) is 0 Å². The van der Waals surface area contributed by atoms with Crippen LogP contribution in [0.5, 0.6) is 5.75 Å². The van der Waals surface area contributed by atoms with E-state index < -0.39 is 0 Å². The van der Waals surface area contributed by atoms with Crippen LogP contribution >= 0.6 is 0 Å². The van der Waals surface area contributed by atoms with E-state index in [0.717, 1.165) is 25.0 Å². The second-order valence-electron chi connectivity index (χ2n) is 4.42. The van der Waals surface area contributed by atoms with Crippen LogP contribution < -0.4 is 4.74 Å². The van der Waals surface area contributed by atoms with Crippen LogP contribution in [-0.4, -0.2) is 20.3 Å². The van der Waals surface area contributed by atoms with Crippen molar-refractivity contribution in [3.8, 4) is 5.75 Å². The molecule has 0 amide bonds. The molecule has 0 saturated heterocycles. The zero-order valence-corrected chi connectivity index (χ0v) is 10.8. The molecule has 0 bridgehead atoms. The quantitative estimate of drug-likeness (QED) is 0.791. The van der Waals surface area contributed by atoms with Crippen molar-refractivity contribution in [1.82, 2.24) is 0 Å². The highest BCUT2D eigenvalue weighted by molar-refractivity contribution is 5.61. The van der Waals surface area contributed by atoms with Crippen LogP contribution in [0.3, 0.4) is 0 Å². The molecule has 2 heteroatoms. The number of fused-ring (bicyclic) bond motifs is 1. The van der Waals surface area contributed by atoms with Gasteiger partial charge < -0.3 is 9.47 Å². The minimum Gasteiger partial charge on any atom is -0.497 e. The summed E-state index contributed by atoms with van der Waals surface area (Å²) in [5, 5.41) is 0. The smallest absolute Gasteiger partial charge is 0.119 e. The van der Waals surface area contributed by atoms with Crippen molar-refractivity contribution in [2.45, 2.75) is 32.3 Å². The van der Waals surface area contributed by atoms with Crippen LogP contribution in [0.1, 0.15) is 30.9 Å². The van der Waals surface area contributed by atoms with Gasteiger partial charge in [0.2, 0.25) is 0 Å². The summed E-state index contributed by atoms with van der Waals surface area (Å²) in [4.78, 5) is 0. The summed E-state index contributed by atoms with van der Waals surface area (Å²) >= 11 is 0. The summed E-state index contributed by atoms with van der Waals surface area (Å²) in [5.74, 6) is 0.944. The lowest BCUT2D eigenvalue weighted by molar-refractivity contribution is 0.126. The maximum absolute atomic E-state index is 5.51. The summed E-state index contributed by atoms with van der Waals surface area (Å²) in [5.41, 5.74) is 4.09. The van der Waals surface area contributed by atoms with Crippen molar-refractivity contribution >= 4 is 6.08 Å². The van der Waals surface area contributed by atoms with Gasteiger partial charge in [-0.3, -0.25) is 0 Å². The molecular weight excluding hydrogens is 212 g/mol. The second-order valence-corrected chi connectivity index (χ2v) is 4.42. The molecule has 0 radical (unpaired) electrons. The largest absolute Gasteiger partial charge is 0.497 e. The molecule has 1 atom stereocenters. The Morgan fingerprint density at radius 3 is 2.71 bits per heavy atom. The minimum absolute atomic E-state index is 0.269. The highest BCUT2D eigenvalue weighted by Crippen LogP contribution is 2.30. The van der Waals surface area contributed by atoms with Gasteiger partial charge in [-0.05, 0) is 48.1 Å². The summed E-state index contributed by atoms with van der Waals surface area (Å²) in [6.07, 6.45) is 5.75. The van der Waals surface area contributed by atoms with Crippen molar-refractivity contribution < 1.29 is 9.47 Å². The molecule has 92 valence electrons. The molecule has 0 aromatic heterocycles. The number of hydrogen-bond acceptors (Lipinski definition) is 2. The lowest BCUT2D eigenvalue weighted by Gasteiger charge is -2.22. The highest BCUT2D eigenvalue weighted by atomic mass is 16.5. The van der Waals surface area contributed by atoms with E-state index in [-0.39, 0.29) is 6.10 Å². The van der Waals surface area contributed by atoms with Gasteiger partial charge in [-0.15, -0.1) is 0 Å². The number of benzene rings is 1. The van der Waals surface area contributed by atoms with Gasteiger partial charge in [0.15, 0.2) is 0 Å². The average molecular weight is 232 g/mol. The molecule has 0 aliphatic heterocycles. The van der Waals surface area contributed by atoms with Gasteiger partial charge in [-0.1, -0.05) is 19.1 Å². The fraction of sp³-hybridized carbons (Fsp3) is 0.467. The third-order valence-electron chi connectivity index (χ3n) is 3.44. The first-order valence-electron chi connectivity index (χ1n) is 6.18. The van der Waals surface area contributed by atoms with Crippen molar-refractivity contribution in [1.29, 1.82) is 0 Å². The maximum atomic E-state index is 5.51. The standard InChI is InChI=1S/C15H20O2/c1-4-15(17-3)13-6-5-12-10-14(16-2)8-7-11(12)9-13/h7-10,15H,4-6H2,1-3H3. The molecular formula is C15H20O2. The fourth-order valence-electron chi connectivity index (χ4n) is 2.45. The van der Waals surface area contributed by atoms with Crippen molar-refractivity contribution in [3.63, 3.8) is 0 Å². The minimum atomic E-state index is 0.269. The zero-order chi connectivity index (χ0) is 12.3. The highest BCUT2D eigenvalue weighted by Gasteiger charge is 2.17. The van der Waals surface area contributed by atoms with Crippen molar-refractivity contribution in [2.75, 3.05) is 14.2 Å². The van der Waals surface area contributed by atoms with E-state index >= 15 is 0 Å². The molecule has 17 heavy (non-hydrogen) atoms. The molecule has 0 fully saturated rings. The molecule has 1 unspecified atom stereocenters. The molecule has 1 aromatic carbocycles. The van der Waals surface area contributed by atoms with E-state index in [1.165, 1.54) is 16.7 Å². The molecule has 1 aliphatic carbocycles. The van der Waals surface area contributed by atoms with Crippen LogP contribution in [0, 0.1) is 0 Å². The predicted octanol–water partition coefficient (Wildman–Crippen LogP) is 3.45. The monoisotopic (exact) mass is 232 g/mol. The summed E-state index contributed by atoms with van der Waals surface area (Å²) in [6, 6.07) is 6.29. The number of hydrogen-bond donors (Lipinski definition) is 0. The number of methoxy groups -OCH3 is 2. The van der Waals surface area contributed by atoms with Crippen LogP contribution in [0.25, 0.3) is 6.08 Å². The SMILES string of the molecule is CCC(OC)C1=Cc2ccc(OC)cc2CC1. The topological polar surface area (TPSA) is 18.5 Å². The van der Waals surface area contributed by atoms with E-state index in [9.17, 15) is 0 Å². The van der Waals surface area contributed by atoms with Crippen LogP contribution in [-0.2, 0) is 11.2 Å². The van der Waals surface area contributed by atoms with Gasteiger partial charge in [0.25, 0.3) is 0 Å². The number of ether oxygens (including phenoxy) is 2. The lowest BCUT2D eigenvalue weighted by Crippen LogP contribution is -2.15. The molecule has 1 aromatic rings. The number of aryl methyl sites for hydroxylation is 1. The first-order chi connectivity index (χ1) is 8.28. The Kier molecular flexibility index (Phi) is 3.85. The van der Waals surface area contributed by atoms with Crippen LogP contribution in [0.15, 0.2) is 23.8 Å². The van der Waals surface area contributed by atoms with Crippen molar-refractivity contribution in [3.05, 3.63) is 34.9 Å². The van der Waals surface area contributed by atoms with E-state index in [0.29, 0.717) is 0 Å². The first-order valence-corrected chi connectivity index (χ1v) is 6.18. The van der Waals surface area contributed by atoms with E-state index in [1.54, 1.807) is 14.2 Å². The average Bonchev–Trinajstić information content (AvgIpc) is 2.39. The lowest BCUT2D eigenvalue weighted by atomic mass is 9.89. The molecule has 0 N–H and O–H groups in total. The van der Waals surface area contributed by atoms with E-state index in [1.807, 2.05) is 6.07 Å². The predicted molar refractivity (Wildman–Crippen MR) is 70.4 cm³/mol. The Bertz CT molecular complexity index is 417. The van der Waals surface area contributed by atoms with E-state index in [2.05, 4.69) is 25.1 Å². The normalized spacial score (nSPS) is 16.1. The summed E-state index contributed by atoms with van der Waals surface area (Å²) < 4.78 is 10.8. The molecule has 2 nitrogen and oxygen atoms in total. The van der Waals surface area contributed by atoms with Gasteiger partial charge in [-0.25, -0.2) is 0 Å². The third kappa shape index (κ3) is 2.52. The molecule has 0 heterocycles. The Balaban J connectivity index is 2.28. The molecule has 1 aliphatic rings. The maximum Gasteiger partial charge on any atom is 0.119 e. The summed E-state index contributed by atoms with van der Waals surface area (Å²) in [6.45, 7) is 2.17. The molecule has 0 spiro atoms. The fourth-order valence-corrected chi connectivity index (χ4v) is 2.45. The Morgan fingerprint density at radius 2 is 2.06 bits per heavy atom. The van der Waals surface area contributed by atoms with E-state index in [4.69, 9.17) is 9.47 Å². The van der Waals surface area contributed by atoms with Gasteiger partial charge in [-0.2, -0.15) is 0 Å². The first kappa shape index (κ1) is 12.2. The van der Waals surface area contributed by atoms with Gasteiger partial charge in [0.05, 0.1) is 13.2 Å². The second kappa shape index (κ2) is 5.37. The van der Waals surface area contributed by atoms with Crippen LogP contribution in [0.2, 0.25) is 0 Å². The molecule has 2 rings (SSSR count). The van der Waals surface area contributed by atoms with Gasteiger partial charge >= 0.3 is 0 Å². The third-order valence-corrected chi connectivity index (χ3v) is 3.44. The molecule has 0 saturated carbocycles. The Morgan fingerprint density at radius 1 is 1.24 bits per heavy atom. The van der Waals surface area contributed by atoms with Gasteiger partial charge in [0, 0.05) is 7.11 Å². The Labute approximate surface area is 103 Å². The van der Waals surface area contributed by atoms with Crippen molar-refractivity contribution in [2.24, 2.45) is 0 Å². The Hall–Kier alpha value is -1.28. The zero-order valence-electron chi connectivity index (χ0n) is 10.8. The van der Waals surface area contributed by atoms with Gasteiger partial charge in [0.1, 0.15) is 5.75 Å².